The largest absolute Gasteiger partial charge is 0.441 e. The van der Waals surface area contributed by atoms with Gasteiger partial charge in [-0.25, -0.2) is 4.98 Å². The number of alkyl halides is 3. The zero-order chi connectivity index (χ0) is 11.9. The molecule has 0 saturated carbocycles. The molecule has 0 unspecified atom stereocenters. The van der Waals surface area contributed by atoms with E-state index >= 15 is 0 Å². The van der Waals surface area contributed by atoms with Crippen molar-refractivity contribution in [2.45, 2.75) is 20.0 Å². The lowest BCUT2D eigenvalue weighted by Crippen LogP contribution is -2.07. The summed E-state index contributed by atoms with van der Waals surface area (Å²) in [4.78, 5) is 3.90. The van der Waals surface area contributed by atoms with Crippen molar-refractivity contribution >= 4 is 0 Å². The topological polar surface area (TPSA) is 54.7 Å². The van der Waals surface area contributed by atoms with Gasteiger partial charge in [0.1, 0.15) is 5.76 Å². The maximum Gasteiger partial charge on any atom is 0.433 e. The predicted molar refractivity (Wildman–Crippen MR) is 48.6 cm³/mol. The van der Waals surface area contributed by atoms with Crippen LogP contribution in [0.15, 0.2) is 10.6 Å². The van der Waals surface area contributed by atoms with Gasteiger partial charge in [0.15, 0.2) is 5.69 Å². The van der Waals surface area contributed by atoms with E-state index in [1.807, 2.05) is 5.10 Å². The minimum Gasteiger partial charge on any atom is -0.441 e. The molecule has 7 heteroatoms. The van der Waals surface area contributed by atoms with Crippen molar-refractivity contribution < 1.29 is 17.6 Å². The number of H-pyrrole nitrogens is 1. The van der Waals surface area contributed by atoms with Crippen molar-refractivity contribution in [3.05, 3.63) is 23.3 Å². The third kappa shape index (κ3) is 1.68. The zero-order valence-corrected chi connectivity index (χ0v) is 8.51. The second-order valence-electron chi connectivity index (χ2n) is 3.32. The van der Waals surface area contributed by atoms with Crippen LogP contribution in [0.25, 0.3) is 11.5 Å². The quantitative estimate of drug-likeness (QED) is 0.820. The van der Waals surface area contributed by atoms with E-state index in [4.69, 9.17) is 4.42 Å². The van der Waals surface area contributed by atoms with Crippen LogP contribution in [0.3, 0.4) is 0 Å². The van der Waals surface area contributed by atoms with Crippen LogP contribution in [-0.4, -0.2) is 15.2 Å². The Bertz CT molecular complexity index is 493. The summed E-state index contributed by atoms with van der Waals surface area (Å²) in [6.45, 7) is 3.30. The molecule has 0 atom stereocenters. The zero-order valence-electron chi connectivity index (χ0n) is 8.51. The highest BCUT2D eigenvalue weighted by molar-refractivity contribution is 5.56. The first-order chi connectivity index (χ1) is 7.39. The Balaban J connectivity index is 2.53. The minimum atomic E-state index is -4.50. The lowest BCUT2D eigenvalue weighted by Gasteiger charge is -2.03. The number of aryl methyl sites for hydroxylation is 2. The van der Waals surface area contributed by atoms with Gasteiger partial charge in [0.25, 0.3) is 0 Å². The average Bonchev–Trinajstić information content (AvgIpc) is 2.72. The number of hydrogen-bond donors (Lipinski definition) is 1. The molecule has 0 aliphatic heterocycles. The van der Waals surface area contributed by atoms with Crippen molar-refractivity contribution in [2.75, 3.05) is 0 Å². The molecule has 0 spiro atoms. The van der Waals surface area contributed by atoms with Gasteiger partial charge in [-0.05, 0) is 13.8 Å². The highest BCUT2D eigenvalue weighted by atomic mass is 19.4. The molecular weight excluding hydrogens is 223 g/mol. The van der Waals surface area contributed by atoms with Crippen LogP contribution < -0.4 is 0 Å². The van der Waals surface area contributed by atoms with Crippen LogP contribution in [-0.2, 0) is 6.18 Å². The molecule has 0 aliphatic carbocycles. The number of rotatable bonds is 1. The van der Waals surface area contributed by atoms with E-state index in [1.54, 1.807) is 13.8 Å². The fraction of sp³-hybridized carbons (Fsp3) is 0.333. The smallest absolute Gasteiger partial charge is 0.433 e. The number of nitrogens with zero attached hydrogens (tertiary/aromatic N) is 2. The van der Waals surface area contributed by atoms with E-state index in [1.165, 1.54) is 0 Å². The highest BCUT2D eigenvalue weighted by Crippen LogP contribution is 2.35. The SMILES string of the molecule is Cc1nc(-c2cn[nH]c2C(F)(F)F)oc1C. The van der Waals surface area contributed by atoms with Crippen LogP contribution >= 0.6 is 0 Å². The predicted octanol–water partition coefficient (Wildman–Crippen LogP) is 2.70. The van der Waals surface area contributed by atoms with Crippen LogP contribution in [0.1, 0.15) is 17.1 Å². The Labute approximate surface area is 88.5 Å². The van der Waals surface area contributed by atoms with Gasteiger partial charge in [-0.2, -0.15) is 18.3 Å². The number of oxazole rings is 1. The maximum atomic E-state index is 12.5. The summed E-state index contributed by atoms with van der Waals surface area (Å²) in [7, 11) is 0. The Morgan fingerprint density at radius 2 is 2.00 bits per heavy atom. The summed E-state index contributed by atoms with van der Waals surface area (Å²) in [6, 6.07) is 0. The van der Waals surface area contributed by atoms with Crippen LogP contribution in [0.2, 0.25) is 0 Å². The molecule has 0 fully saturated rings. The van der Waals surface area contributed by atoms with Crippen LogP contribution in [0, 0.1) is 13.8 Å². The fourth-order valence-corrected chi connectivity index (χ4v) is 1.25. The van der Waals surface area contributed by atoms with E-state index in [0.29, 0.717) is 11.5 Å². The minimum absolute atomic E-state index is 0.0731. The number of aromatic amines is 1. The molecule has 2 heterocycles. The van der Waals surface area contributed by atoms with Crippen molar-refractivity contribution in [3.8, 4) is 11.5 Å². The Morgan fingerprint density at radius 1 is 1.31 bits per heavy atom. The first-order valence-electron chi connectivity index (χ1n) is 4.44. The summed E-state index contributed by atoms with van der Waals surface area (Å²) >= 11 is 0. The van der Waals surface area contributed by atoms with Gasteiger partial charge >= 0.3 is 6.18 Å². The molecule has 2 aromatic rings. The lowest BCUT2D eigenvalue weighted by molar-refractivity contribution is -0.140. The molecule has 0 bridgehead atoms. The standard InChI is InChI=1S/C9H8F3N3O/c1-4-5(2)16-8(14-4)6-3-13-15-7(6)9(10,11)12/h3H,1-2H3,(H,13,15). The first kappa shape index (κ1) is 10.7. The Morgan fingerprint density at radius 3 is 2.50 bits per heavy atom. The summed E-state index contributed by atoms with van der Waals surface area (Å²) in [5, 5.41) is 5.26. The third-order valence-corrected chi connectivity index (χ3v) is 2.18. The lowest BCUT2D eigenvalue weighted by atomic mass is 10.2. The van der Waals surface area contributed by atoms with Gasteiger partial charge in [-0.1, -0.05) is 0 Å². The van der Waals surface area contributed by atoms with E-state index in [9.17, 15) is 13.2 Å². The highest BCUT2D eigenvalue weighted by Gasteiger charge is 2.37. The number of nitrogens with one attached hydrogen (secondary N) is 1. The maximum absolute atomic E-state index is 12.5. The monoisotopic (exact) mass is 231 g/mol. The molecule has 1 N–H and O–H groups in total. The van der Waals surface area contributed by atoms with E-state index in [2.05, 4.69) is 10.1 Å². The normalized spacial score (nSPS) is 12.1. The van der Waals surface area contributed by atoms with Gasteiger partial charge < -0.3 is 4.42 Å². The number of aromatic nitrogens is 3. The Kier molecular flexibility index (Phi) is 2.25. The van der Waals surface area contributed by atoms with Gasteiger partial charge in [-0.3, -0.25) is 5.10 Å². The summed E-state index contributed by atoms with van der Waals surface area (Å²) in [5.74, 6) is 0.417. The summed E-state index contributed by atoms with van der Waals surface area (Å²) in [5.41, 5.74) is -0.568. The molecule has 16 heavy (non-hydrogen) atoms. The number of hydrogen-bond acceptors (Lipinski definition) is 3. The fourth-order valence-electron chi connectivity index (χ4n) is 1.25. The third-order valence-electron chi connectivity index (χ3n) is 2.18. The van der Waals surface area contributed by atoms with Crippen LogP contribution in [0.5, 0.6) is 0 Å². The van der Waals surface area contributed by atoms with Crippen molar-refractivity contribution in [2.24, 2.45) is 0 Å². The van der Waals surface area contributed by atoms with Gasteiger partial charge in [0.2, 0.25) is 5.89 Å². The van der Waals surface area contributed by atoms with Gasteiger partial charge in [0, 0.05) is 0 Å². The van der Waals surface area contributed by atoms with Gasteiger partial charge in [0.05, 0.1) is 17.5 Å². The van der Waals surface area contributed by atoms with Crippen molar-refractivity contribution in [1.29, 1.82) is 0 Å². The molecular formula is C9H8F3N3O. The molecule has 2 rings (SSSR count). The van der Waals surface area contributed by atoms with E-state index < -0.39 is 11.9 Å². The average molecular weight is 231 g/mol. The van der Waals surface area contributed by atoms with E-state index in [-0.39, 0.29) is 11.5 Å². The van der Waals surface area contributed by atoms with Crippen LogP contribution in [0.4, 0.5) is 13.2 Å². The molecule has 0 amide bonds. The first-order valence-corrected chi connectivity index (χ1v) is 4.44. The van der Waals surface area contributed by atoms with Gasteiger partial charge in [-0.15, -0.1) is 0 Å². The number of halogens is 3. The molecule has 0 aromatic carbocycles. The van der Waals surface area contributed by atoms with Crippen molar-refractivity contribution in [3.63, 3.8) is 0 Å². The molecule has 0 radical (unpaired) electrons. The molecule has 0 saturated heterocycles. The molecule has 86 valence electrons. The second-order valence-corrected chi connectivity index (χ2v) is 3.32. The molecule has 2 aromatic heterocycles. The second kappa shape index (κ2) is 3.36. The molecule has 4 nitrogen and oxygen atoms in total. The Hall–Kier alpha value is -1.79. The molecule has 0 aliphatic rings. The summed E-state index contributed by atoms with van der Waals surface area (Å²) in [6.07, 6.45) is -3.45. The summed E-state index contributed by atoms with van der Waals surface area (Å²) < 4.78 is 42.7. The van der Waals surface area contributed by atoms with E-state index in [0.717, 1.165) is 6.20 Å². The van der Waals surface area contributed by atoms with Crippen molar-refractivity contribution in [1.82, 2.24) is 15.2 Å².